The van der Waals surface area contributed by atoms with Crippen molar-refractivity contribution in [3.63, 3.8) is 0 Å². The first-order valence-electron chi connectivity index (χ1n) is 8.90. The van der Waals surface area contributed by atoms with E-state index in [4.69, 9.17) is 11.6 Å². The minimum Gasteiger partial charge on any atom is -0.341 e. The number of rotatable bonds is 3. The molecule has 0 unspecified atom stereocenters. The van der Waals surface area contributed by atoms with Gasteiger partial charge in [-0.1, -0.05) is 35.9 Å². The minimum atomic E-state index is -0.536. The van der Waals surface area contributed by atoms with Crippen LogP contribution in [0.15, 0.2) is 53.5 Å². The van der Waals surface area contributed by atoms with Gasteiger partial charge in [0.1, 0.15) is 12.4 Å². The lowest BCUT2D eigenvalue weighted by atomic mass is 9.99. The molecule has 1 aromatic heterocycles. The molecule has 1 saturated heterocycles. The Bertz CT molecular complexity index is 1090. The molecule has 1 amide bonds. The third-order valence-corrected chi connectivity index (χ3v) is 5.31. The number of likely N-dealkylation sites (tertiary alicyclic amines) is 1. The van der Waals surface area contributed by atoms with E-state index in [1.54, 1.807) is 23.2 Å². The molecule has 4 nitrogen and oxygen atoms in total. The van der Waals surface area contributed by atoms with Crippen LogP contribution in [0, 0.1) is 5.82 Å². The molecule has 0 aliphatic carbocycles. The Labute approximate surface area is 160 Å². The van der Waals surface area contributed by atoms with E-state index in [0.717, 1.165) is 31.3 Å². The van der Waals surface area contributed by atoms with Gasteiger partial charge in [-0.2, -0.15) is 0 Å². The Morgan fingerprint density at radius 2 is 1.89 bits per heavy atom. The van der Waals surface area contributed by atoms with Crippen molar-refractivity contribution in [2.45, 2.75) is 19.4 Å². The first-order chi connectivity index (χ1) is 13.0. The fourth-order valence-electron chi connectivity index (χ4n) is 3.57. The topological polar surface area (TPSA) is 42.3 Å². The van der Waals surface area contributed by atoms with Crippen LogP contribution in [0.2, 0.25) is 5.02 Å². The van der Waals surface area contributed by atoms with Gasteiger partial charge in [0, 0.05) is 19.3 Å². The van der Waals surface area contributed by atoms with E-state index in [2.05, 4.69) is 0 Å². The number of amides is 1. The minimum absolute atomic E-state index is 0.0120. The molecule has 2 aromatic carbocycles. The van der Waals surface area contributed by atoms with E-state index in [1.807, 2.05) is 18.2 Å². The van der Waals surface area contributed by atoms with Crippen LogP contribution in [0.1, 0.15) is 12.8 Å². The maximum Gasteiger partial charge on any atom is 0.259 e. The highest BCUT2D eigenvalue weighted by Crippen LogP contribution is 2.29. The van der Waals surface area contributed by atoms with E-state index in [-0.39, 0.29) is 23.0 Å². The summed E-state index contributed by atoms with van der Waals surface area (Å²) in [7, 11) is 0. The Hall–Kier alpha value is -2.66. The molecule has 0 radical (unpaired) electrons. The summed E-state index contributed by atoms with van der Waals surface area (Å²) in [4.78, 5) is 27.3. The average molecular weight is 385 g/mol. The molecule has 1 fully saturated rings. The molecule has 138 valence electrons. The van der Waals surface area contributed by atoms with Crippen LogP contribution >= 0.6 is 11.6 Å². The summed E-state index contributed by atoms with van der Waals surface area (Å²) < 4.78 is 15.4. The van der Waals surface area contributed by atoms with Crippen LogP contribution in [0.5, 0.6) is 0 Å². The van der Waals surface area contributed by atoms with Crippen molar-refractivity contribution in [3.8, 4) is 11.1 Å². The number of nitrogens with zero attached hydrogens (tertiary/aromatic N) is 2. The van der Waals surface area contributed by atoms with E-state index < -0.39 is 5.82 Å². The Morgan fingerprint density at radius 1 is 1.11 bits per heavy atom. The second kappa shape index (κ2) is 7.16. The number of carbonyl (C=O) groups is 1. The molecule has 1 aliphatic rings. The lowest BCUT2D eigenvalue weighted by Gasteiger charge is -2.16. The molecule has 0 spiro atoms. The van der Waals surface area contributed by atoms with Gasteiger partial charge in [0.15, 0.2) is 0 Å². The molecule has 1 aliphatic heterocycles. The van der Waals surface area contributed by atoms with Gasteiger partial charge in [0.2, 0.25) is 5.91 Å². The molecule has 4 rings (SSSR count). The zero-order chi connectivity index (χ0) is 19.0. The first kappa shape index (κ1) is 17.7. The average Bonchev–Trinajstić information content (AvgIpc) is 3.21. The van der Waals surface area contributed by atoms with Crippen molar-refractivity contribution >= 4 is 28.3 Å². The fourth-order valence-corrected chi connectivity index (χ4v) is 3.69. The zero-order valence-electron chi connectivity index (χ0n) is 14.6. The Morgan fingerprint density at radius 3 is 2.63 bits per heavy atom. The largest absolute Gasteiger partial charge is 0.341 e. The van der Waals surface area contributed by atoms with Crippen molar-refractivity contribution in [1.82, 2.24) is 9.47 Å². The smallest absolute Gasteiger partial charge is 0.259 e. The van der Waals surface area contributed by atoms with Gasteiger partial charge in [-0.3, -0.25) is 9.59 Å². The fraction of sp³-hybridized carbons (Fsp3) is 0.238. The molecule has 0 N–H and O–H groups in total. The summed E-state index contributed by atoms with van der Waals surface area (Å²) in [6.07, 6.45) is 3.65. The van der Waals surface area contributed by atoms with Crippen molar-refractivity contribution < 1.29 is 9.18 Å². The number of carbonyl (C=O) groups excluding carboxylic acids is 1. The van der Waals surface area contributed by atoms with Gasteiger partial charge in [0.25, 0.3) is 5.56 Å². The molecule has 27 heavy (non-hydrogen) atoms. The van der Waals surface area contributed by atoms with E-state index in [9.17, 15) is 14.0 Å². The standard InChI is InChI=1S/C21H18ClFN2O2/c22-17-7-6-15(12-18(17)23)16-5-3-4-14-8-11-25(21(27)20(14)16)13-19(26)24-9-1-2-10-24/h3-8,11-12H,1-2,9-10,13H2. The van der Waals surface area contributed by atoms with Crippen molar-refractivity contribution in [1.29, 1.82) is 0 Å². The molecule has 3 aromatic rings. The number of halogens is 2. The molecule has 0 saturated carbocycles. The predicted octanol–water partition coefficient (Wildman–Crippen LogP) is 4.08. The van der Waals surface area contributed by atoms with Crippen LogP contribution in [-0.4, -0.2) is 28.5 Å². The highest BCUT2D eigenvalue weighted by atomic mass is 35.5. The van der Waals surface area contributed by atoms with E-state index in [1.165, 1.54) is 16.7 Å². The summed E-state index contributed by atoms with van der Waals surface area (Å²) in [6, 6.07) is 11.7. The van der Waals surface area contributed by atoms with Crippen LogP contribution in [0.3, 0.4) is 0 Å². The third kappa shape index (κ3) is 3.35. The van der Waals surface area contributed by atoms with Crippen molar-refractivity contribution in [2.24, 2.45) is 0 Å². The van der Waals surface area contributed by atoms with Crippen LogP contribution in [0.4, 0.5) is 4.39 Å². The molecular weight excluding hydrogens is 367 g/mol. The maximum absolute atomic E-state index is 13.9. The van der Waals surface area contributed by atoms with Crippen LogP contribution < -0.4 is 5.56 Å². The zero-order valence-corrected chi connectivity index (χ0v) is 15.4. The second-order valence-corrected chi connectivity index (χ2v) is 7.14. The quantitative estimate of drug-likeness (QED) is 0.682. The van der Waals surface area contributed by atoms with E-state index in [0.29, 0.717) is 16.5 Å². The number of aromatic nitrogens is 1. The highest BCUT2D eigenvalue weighted by Gasteiger charge is 2.19. The number of hydrogen-bond acceptors (Lipinski definition) is 2. The molecule has 0 bridgehead atoms. The van der Waals surface area contributed by atoms with Crippen LogP contribution in [0.25, 0.3) is 21.9 Å². The Balaban J connectivity index is 1.80. The molecule has 2 heterocycles. The lowest BCUT2D eigenvalue weighted by Crippen LogP contribution is -2.34. The summed E-state index contributed by atoms with van der Waals surface area (Å²) in [5.41, 5.74) is 0.935. The van der Waals surface area contributed by atoms with Gasteiger partial charge >= 0.3 is 0 Å². The molecule has 6 heteroatoms. The predicted molar refractivity (Wildman–Crippen MR) is 104 cm³/mol. The van der Waals surface area contributed by atoms with Gasteiger partial charge in [-0.15, -0.1) is 0 Å². The number of benzene rings is 2. The normalized spacial score (nSPS) is 14.1. The third-order valence-electron chi connectivity index (χ3n) is 5.00. The van der Waals surface area contributed by atoms with Gasteiger partial charge in [0.05, 0.1) is 10.4 Å². The summed E-state index contributed by atoms with van der Waals surface area (Å²) >= 11 is 5.78. The van der Waals surface area contributed by atoms with E-state index >= 15 is 0 Å². The Kier molecular flexibility index (Phi) is 4.70. The van der Waals surface area contributed by atoms with Gasteiger partial charge < -0.3 is 9.47 Å². The van der Waals surface area contributed by atoms with Gasteiger partial charge in [-0.05, 0) is 47.6 Å². The number of pyridine rings is 1. The molecule has 0 atom stereocenters. The summed E-state index contributed by atoms with van der Waals surface area (Å²) in [6.45, 7) is 1.50. The maximum atomic E-state index is 13.9. The first-order valence-corrected chi connectivity index (χ1v) is 9.28. The number of hydrogen-bond donors (Lipinski definition) is 0. The van der Waals surface area contributed by atoms with Crippen molar-refractivity contribution in [2.75, 3.05) is 13.1 Å². The van der Waals surface area contributed by atoms with Crippen LogP contribution in [-0.2, 0) is 11.3 Å². The number of fused-ring (bicyclic) bond motifs is 1. The lowest BCUT2D eigenvalue weighted by molar-refractivity contribution is -0.130. The van der Waals surface area contributed by atoms with Gasteiger partial charge in [-0.25, -0.2) is 4.39 Å². The monoisotopic (exact) mass is 384 g/mol. The second-order valence-electron chi connectivity index (χ2n) is 6.74. The SMILES string of the molecule is O=C(Cn1ccc2cccc(-c3ccc(Cl)c(F)c3)c2c1=O)N1CCCC1. The summed E-state index contributed by atoms with van der Waals surface area (Å²) in [5.74, 6) is -0.587. The molecular formula is C21H18ClFN2O2. The van der Waals surface area contributed by atoms with Crippen molar-refractivity contribution in [3.05, 3.63) is 69.9 Å². The highest BCUT2D eigenvalue weighted by molar-refractivity contribution is 6.30. The summed E-state index contributed by atoms with van der Waals surface area (Å²) in [5, 5.41) is 1.25.